The second-order valence-electron chi connectivity index (χ2n) is 5.13. The lowest BCUT2D eigenvalue weighted by Gasteiger charge is -2.16. The highest BCUT2D eigenvalue weighted by atomic mass is 16.2. The van der Waals surface area contributed by atoms with Gasteiger partial charge in [0.15, 0.2) is 6.04 Å². The van der Waals surface area contributed by atoms with Gasteiger partial charge in [-0.25, -0.2) is 4.68 Å². The van der Waals surface area contributed by atoms with Crippen LogP contribution in [-0.4, -0.2) is 32.7 Å². The van der Waals surface area contributed by atoms with Crippen LogP contribution in [0.25, 0.3) is 0 Å². The predicted molar refractivity (Wildman–Crippen MR) is 85.6 cm³/mol. The van der Waals surface area contributed by atoms with Crippen LogP contribution in [0.3, 0.4) is 0 Å². The van der Waals surface area contributed by atoms with Crippen LogP contribution in [-0.2, 0) is 11.2 Å². The number of nitrogens with one attached hydrogen (secondary N) is 1. The van der Waals surface area contributed by atoms with Gasteiger partial charge in [-0.3, -0.25) is 4.79 Å². The third kappa shape index (κ3) is 3.79. The number of rotatable bonds is 6. The van der Waals surface area contributed by atoms with Crippen molar-refractivity contribution in [3.63, 3.8) is 0 Å². The predicted octanol–water partition coefficient (Wildman–Crippen LogP) is 1.62. The Labute approximate surface area is 134 Å². The number of nitrogens with zero attached hydrogens (tertiary/aromatic N) is 4. The molecule has 0 saturated carbocycles. The number of aromatic nitrogens is 4. The Kier molecular flexibility index (Phi) is 4.73. The molecule has 0 aliphatic rings. The molecule has 1 atom stereocenters. The summed E-state index contributed by atoms with van der Waals surface area (Å²) in [6.07, 6.45) is 2.23. The number of carbonyl (C=O) groups excluding carboxylic acids is 1. The first-order valence-electron chi connectivity index (χ1n) is 7.43. The Bertz CT molecular complexity index is 728. The van der Waals surface area contributed by atoms with Crippen molar-refractivity contribution < 1.29 is 4.79 Å². The minimum Gasteiger partial charge on any atom is -0.354 e. The third-order valence-electron chi connectivity index (χ3n) is 3.55. The lowest BCUT2D eigenvalue weighted by molar-refractivity contribution is -0.123. The van der Waals surface area contributed by atoms with E-state index < -0.39 is 6.04 Å². The van der Waals surface area contributed by atoms with Crippen molar-refractivity contribution in [1.82, 2.24) is 25.5 Å². The summed E-state index contributed by atoms with van der Waals surface area (Å²) >= 11 is 0. The molecule has 0 saturated heterocycles. The van der Waals surface area contributed by atoms with E-state index in [1.165, 1.54) is 16.6 Å². The van der Waals surface area contributed by atoms with Crippen molar-refractivity contribution in [3.05, 3.63) is 78.1 Å². The van der Waals surface area contributed by atoms with Crippen LogP contribution in [0.5, 0.6) is 0 Å². The molecule has 1 aromatic heterocycles. The molecule has 0 spiro atoms. The molecule has 6 nitrogen and oxygen atoms in total. The summed E-state index contributed by atoms with van der Waals surface area (Å²) in [6, 6.07) is 19.0. The van der Waals surface area contributed by atoms with Gasteiger partial charge in [0, 0.05) is 6.54 Å². The molecular weight excluding hydrogens is 290 g/mol. The molecular formula is C17H17N5O. The molecule has 0 bridgehead atoms. The zero-order valence-electron chi connectivity index (χ0n) is 12.5. The maximum atomic E-state index is 12.6. The average Bonchev–Trinajstić information content (AvgIpc) is 3.11. The van der Waals surface area contributed by atoms with E-state index in [4.69, 9.17) is 0 Å². The van der Waals surface area contributed by atoms with Crippen LogP contribution >= 0.6 is 0 Å². The molecule has 0 fully saturated rings. The van der Waals surface area contributed by atoms with Gasteiger partial charge in [0.1, 0.15) is 6.33 Å². The number of carbonyl (C=O) groups is 1. The minimum absolute atomic E-state index is 0.126. The maximum absolute atomic E-state index is 12.6. The van der Waals surface area contributed by atoms with Crippen LogP contribution in [0, 0.1) is 0 Å². The summed E-state index contributed by atoms with van der Waals surface area (Å²) < 4.78 is 1.47. The summed E-state index contributed by atoms with van der Waals surface area (Å²) in [5, 5.41) is 14.1. The number of benzene rings is 2. The van der Waals surface area contributed by atoms with Gasteiger partial charge < -0.3 is 5.32 Å². The minimum atomic E-state index is -0.568. The molecule has 116 valence electrons. The molecule has 3 rings (SSSR count). The standard InChI is InChI=1S/C17H17N5O/c23-17(18-12-11-14-7-3-1-4-8-14)16(22-13-19-20-21-22)15-9-5-2-6-10-15/h1-10,13,16H,11-12H2,(H,18,23). The Morgan fingerprint density at radius 3 is 2.39 bits per heavy atom. The van der Waals surface area contributed by atoms with Crippen LogP contribution in [0.15, 0.2) is 67.0 Å². The quantitative estimate of drug-likeness (QED) is 0.751. The van der Waals surface area contributed by atoms with Crippen molar-refractivity contribution in [1.29, 1.82) is 0 Å². The van der Waals surface area contributed by atoms with E-state index in [-0.39, 0.29) is 5.91 Å². The van der Waals surface area contributed by atoms with E-state index in [0.29, 0.717) is 6.54 Å². The van der Waals surface area contributed by atoms with Gasteiger partial charge in [0.2, 0.25) is 5.91 Å². The first-order valence-corrected chi connectivity index (χ1v) is 7.43. The smallest absolute Gasteiger partial charge is 0.249 e. The molecule has 1 heterocycles. The fourth-order valence-corrected chi connectivity index (χ4v) is 2.42. The topological polar surface area (TPSA) is 72.7 Å². The largest absolute Gasteiger partial charge is 0.354 e. The molecule has 0 aliphatic carbocycles. The number of tetrazole rings is 1. The van der Waals surface area contributed by atoms with Gasteiger partial charge in [-0.2, -0.15) is 0 Å². The van der Waals surface area contributed by atoms with E-state index in [2.05, 4.69) is 20.8 Å². The molecule has 0 radical (unpaired) electrons. The van der Waals surface area contributed by atoms with E-state index in [1.807, 2.05) is 60.7 Å². The summed E-state index contributed by atoms with van der Waals surface area (Å²) in [5.41, 5.74) is 2.03. The monoisotopic (exact) mass is 307 g/mol. The molecule has 1 N–H and O–H groups in total. The van der Waals surface area contributed by atoms with Crippen molar-refractivity contribution in [3.8, 4) is 0 Å². The van der Waals surface area contributed by atoms with E-state index >= 15 is 0 Å². The number of hydrogen-bond donors (Lipinski definition) is 1. The van der Waals surface area contributed by atoms with Gasteiger partial charge >= 0.3 is 0 Å². The van der Waals surface area contributed by atoms with Gasteiger partial charge in [0.05, 0.1) is 0 Å². The Morgan fingerprint density at radius 1 is 1.04 bits per heavy atom. The van der Waals surface area contributed by atoms with Gasteiger partial charge in [0.25, 0.3) is 0 Å². The number of hydrogen-bond acceptors (Lipinski definition) is 4. The first kappa shape index (κ1) is 14.9. The molecule has 1 unspecified atom stereocenters. The van der Waals surface area contributed by atoms with E-state index in [9.17, 15) is 4.79 Å². The summed E-state index contributed by atoms with van der Waals surface area (Å²) in [6.45, 7) is 0.564. The van der Waals surface area contributed by atoms with Crippen LogP contribution in [0.1, 0.15) is 17.2 Å². The number of amides is 1. The summed E-state index contributed by atoms with van der Waals surface area (Å²) in [4.78, 5) is 12.6. The van der Waals surface area contributed by atoms with Crippen molar-refractivity contribution in [2.45, 2.75) is 12.5 Å². The van der Waals surface area contributed by atoms with Crippen molar-refractivity contribution in [2.75, 3.05) is 6.54 Å². The second-order valence-corrected chi connectivity index (χ2v) is 5.13. The fraction of sp³-hybridized carbons (Fsp3) is 0.176. The van der Waals surface area contributed by atoms with Crippen molar-refractivity contribution in [2.24, 2.45) is 0 Å². The Hall–Kier alpha value is -3.02. The maximum Gasteiger partial charge on any atom is 0.249 e. The van der Waals surface area contributed by atoms with Crippen LogP contribution in [0.4, 0.5) is 0 Å². The van der Waals surface area contributed by atoms with Gasteiger partial charge in [-0.15, -0.1) is 5.10 Å². The SMILES string of the molecule is O=C(NCCc1ccccc1)C(c1ccccc1)n1cnnn1. The molecule has 23 heavy (non-hydrogen) atoms. The van der Waals surface area contributed by atoms with Crippen LogP contribution < -0.4 is 5.32 Å². The van der Waals surface area contributed by atoms with E-state index in [0.717, 1.165) is 12.0 Å². The fourth-order valence-electron chi connectivity index (χ4n) is 2.42. The molecule has 3 aromatic rings. The Balaban J connectivity index is 1.69. The lowest BCUT2D eigenvalue weighted by Crippen LogP contribution is -2.34. The molecule has 2 aromatic carbocycles. The molecule has 1 amide bonds. The average molecular weight is 307 g/mol. The van der Waals surface area contributed by atoms with E-state index in [1.54, 1.807) is 0 Å². The third-order valence-corrected chi connectivity index (χ3v) is 3.55. The lowest BCUT2D eigenvalue weighted by atomic mass is 10.1. The zero-order valence-corrected chi connectivity index (χ0v) is 12.5. The highest BCUT2D eigenvalue weighted by Crippen LogP contribution is 2.16. The summed E-state index contributed by atoms with van der Waals surface area (Å²) in [5.74, 6) is -0.126. The first-order chi connectivity index (χ1) is 11.3. The van der Waals surface area contributed by atoms with Gasteiger partial charge in [-0.05, 0) is 28.0 Å². The van der Waals surface area contributed by atoms with Crippen molar-refractivity contribution >= 4 is 5.91 Å². The Morgan fingerprint density at radius 2 is 1.74 bits per heavy atom. The highest BCUT2D eigenvalue weighted by molar-refractivity contribution is 5.83. The highest BCUT2D eigenvalue weighted by Gasteiger charge is 2.23. The molecule has 6 heteroatoms. The molecule has 0 aliphatic heterocycles. The van der Waals surface area contributed by atoms with Gasteiger partial charge in [-0.1, -0.05) is 60.7 Å². The second kappa shape index (κ2) is 7.31. The summed E-state index contributed by atoms with van der Waals surface area (Å²) in [7, 11) is 0. The van der Waals surface area contributed by atoms with Crippen LogP contribution in [0.2, 0.25) is 0 Å². The zero-order chi connectivity index (χ0) is 15.9. The normalized spacial score (nSPS) is 11.8.